The van der Waals surface area contributed by atoms with Gasteiger partial charge < -0.3 is 10.1 Å². The van der Waals surface area contributed by atoms with E-state index in [4.69, 9.17) is 0 Å². The summed E-state index contributed by atoms with van der Waals surface area (Å²) >= 11 is 0. The number of halogens is 5. The zero-order valence-corrected chi connectivity index (χ0v) is 13.0. The number of carbonyl (C=O) groups is 1. The molecule has 0 aliphatic carbocycles. The van der Waals surface area contributed by atoms with Crippen LogP contribution in [0.25, 0.3) is 0 Å². The van der Waals surface area contributed by atoms with Crippen molar-refractivity contribution in [1.29, 1.82) is 0 Å². The fourth-order valence-electron chi connectivity index (χ4n) is 1.90. The summed E-state index contributed by atoms with van der Waals surface area (Å²) in [4.78, 5) is 22.0. The number of nitrogens with zero attached hydrogens (tertiary/aromatic N) is 3. The first kappa shape index (κ1) is 19.1. The Kier molecular flexibility index (Phi) is 5.09. The molecule has 0 fully saturated rings. The van der Waals surface area contributed by atoms with Gasteiger partial charge in [0, 0.05) is 0 Å². The lowest BCUT2D eigenvalue weighted by atomic mass is 10.2. The van der Waals surface area contributed by atoms with Gasteiger partial charge in [-0.2, -0.15) is 0 Å². The Labute approximate surface area is 141 Å². The van der Waals surface area contributed by atoms with E-state index in [2.05, 4.69) is 9.84 Å². The second-order valence-electron chi connectivity index (χ2n) is 4.87. The van der Waals surface area contributed by atoms with Crippen molar-refractivity contribution in [1.82, 2.24) is 9.78 Å². The Morgan fingerprint density at radius 2 is 1.69 bits per heavy atom. The number of nitro groups is 1. The van der Waals surface area contributed by atoms with E-state index < -0.39 is 63.2 Å². The molecule has 2 aromatic rings. The zero-order chi connectivity index (χ0) is 19.8. The minimum atomic E-state index is -2.38. The molecule has 26 heavy (non-hydrogen) atoms. The summed E-state index contributed by atoms with van der Waals surface area (Å²) in [6.07, 6.45) is 0.807. The number of hydrogen-bond acceptors (Lipinski definition) is 5. The first-order chi connectivity index (χ1) is 12.1. The van der Waals surface area contributed by atoms with Crippen LogP contribution in [0.1, 0.15) is 13.0 Å². The summed E-state index contributed by atoms with van der Waals surface area (Å²) < 4.78 is 71.8. The van der Waals surface area contributed by atoms with Crippen LogP contribution in [0.5, 0.6) is 5.88 Å². The molecule has 1 unspecified atom stereocenters. The molecule has 0 saturated heterocycles. The highest BCUT2D eigenvalue weighted by molar-refractivity contribution is 5.93. The van der Waals surface area contributed by atoms with Crippen molar-refractivity contribution in [3.63, 3.8) is 0 Å². The Balaban J connectivity index is 2.35. The molecule has 0 bridgehead atoms. The molecule has 1 amide bonds. The Hall–Kier alpha value is -3.25. The number of amides is 1. The third-order valence-electron chi connectivity index (χ3n) is 3.30. The van der Waals surface area contributed by atoms with Gasteiger partial charge >= 0.3 is 11.6 Å². The van der Waals surface area contributed by atoms with E-state index >= 15 is 0 Å². The van der Waals surface area contributed by atoms with Crippen LogP contribution in [0.2, 0.25) is 0 Å². The molecule has 1 heterocycles. The van der Waals surface area contributed by atoms with Gasteiger partial charge in [-0.05, 0) is 6.92 Å². The average molecular weight is 380 g/mol. The van der Waals surface area contributed by atoms with Gasteiger partial charge in [-0.15, -0.1) is 5.10 Å². The summed E-state index contributed by atoms with van der Waals surface area (Å²) in [7, 11) is 1.08. The van der Waals surface area contributed by atoms with E-state index in [1.165, 1.54) is 0 Å². The summed E-state index contributed by atoms with van der Waals surface area (Å²) in [5.74, 6) is -13.0. The first-order valence-electron chi connectivity index (χ1n) is 6.69. The third kappa shape index (κ3) is 3.14. The normalized spacial score (nSPS) is 12.0. The number of methoxy groups -OCH3 is 1. The van der Waals surface area contributed by atoms with Gasteiger partial charge in [0.2, 0.25) is 11.7 Å². The second-order valence-corrected chi connectivity index (χ2v) is 4.87. The minimum Gasteiger partial charge on any atom is -0.475 e. The van der Waals surface area contributed by atoms with Gasteiger partial charge in [0.15, 0.2) is 23.3 Å². The van der Waals surface area contributed by atoms with Crippen LogP contribution < -0.4 is 10.1 Å². The topological polar surface area (TPSA) is 99.3 Å². The number of ether oxygens (including phenoxy) is 1. The highest BCUT2D eigenvalue weighted by atomic mass is 19.2. The van der Waals surface area contributed by atoms with E-state index in [-0.39, 0.29) is 0 Å². The van der Waals surface area contributed by atoms with Gasteiger partial charge in [0.05, 0.1) is 12.0 Å². The van der Waals surface area contributed by atoms with Crippen LogP contribution in [-0.4, -0.2) is 27.7 Å². The van der Waals surface area contributed by atoms with Gasteiger partial charge in [0.1, 0.15) is 17.9 Å². The number of benzene rings is 1. The molecule has 140 valence electrons. The van der Waals surface area contributed by atoms with E-state index in [0.717, 1.165) is 24.9 Å². The van der Waals surface area contributed by atoms with Crippen molar-refractivity contribution >= 4 is 17.3 Å². The monoisotopic (exact) mass is 380 g/mol. The smallest absolute Gasteiger partial charge is 0.350 e. The maximum atomic E-state index is 13.6. The van der Waals surface area contributed by atoms with Crippen LogP contribution in [0.15, 0.2) is 6.20 Å². The molecule has 1 N–H and O–H groups in total. The van der Waals surface area contributed by atoms with Gasteiger partial charge in [-0.3, -0.25) is 14.9 Å². The highest BCUT2D eigenvalue weighted by Crippen LogP contribution is 2.29. The Morgan fingerprint density at radius 3 is 2.12 bits per heavy atom. The molecule has 2 rings (SSSR count). The minimum absolute atomic E-state index is 0.439. The van der Waals surface area contributed by atoms with Crippen LogP contribution in [0.3, 0.4) is 0 Å². The largest absolute Gasteiger partial charge is 0.475 e. The average Bonchev–Trinajstić information content (AvgIpc) is 3.05. The summed E-state index contributed by atoms with van der Waals surface area (Å²) in [6.45, 7) is 1.12. The van der Waals surface area contributed by atoms with E-state index in [1.54, 1.807) is 5.32 Å². The van der Waals surface area contributed by atoms with Crippen LogP contribution in [-0.2, 0) is 4.79 Å². The lowest BCUT2D eigenvalue weighted by molar-refractivity contribution is -0.385. The Bertz CT molecular complexity index is 872. The van der Waals surface area contributed by atoms with Gasteiger partial charge in [-0.1, -0.05) is 0 Å². The number of rotatable bonds is 5. The lowest BCUT2D eigenvalue weighted by Gasteiger charge is -2.14. The van der Waals surface area contributed by atoms with Crippen molar-refractivity contribution < 1.29 is 36.4 Å². The first-order valence-corrected chi connectivity index (χ1v) is 6.69. The van der Waals surface area contributed by atoms with E-state index in [1.807, 2.05) is 0 Å². The van der Waals surface area contributed by atoms with Crippen LogP contribution >= 0.6 is 0 Å². The van der Waals surface area contributed by atoms with Crippen molar-refractivity contribution in [2.24, 2.45) is 0 Å². The zero-order valence-electron chi connectivity index (χ0n) is 13.0. The van der Waals surface area contributed by atoms with Crippen molar-refractivity contribution in [2.45, 2.75) is 13.0 Å². The number of hydrogen-bond donors (Lipinski definition) is 1. The standard InChI is InChI=1S/C13H9F5N4O4/c1-4(21-3-5(22(24)25)13(20-21)26-2)12(23)19-11-9(17)7(15)6(14)8(16)10(11)18/h3-4H,1-2H3,(H,19,23). The summed E-state index contributed by atoms with van der Waals surface area (Å²) in [5, 5.41) is 16.0. The number of aromatic nitrogens is 2. The molecule has 0 aliphatic rings. The second kappa shape index (κ2) is 6.93. The fraction of sp³-hybridized carbons (Fsp3) is 0.231. The molecule has 0 aliphatic heterocycles. The molecule has 0 spiro atoms. The number of nitrogens with one attached hydrogen (secondary N) is 1. The molecule has 1 aromatic heterocycles. The summed E-state index contributed by atoms with van der Waals surface area (Å²) in [6, 6.07) is -1.41. The quantitative estimate of drug-likeness (QED) is 0.283. The molecule has 1 atom stereocenters. The van der Waals surface area contributed by atoms with Gasteiger partial charge in [-0.25, -0.2) is 26.6 Å². The van der Waals surface area contributed by atoms with Crippen molar-refractivity contribution in [3.8, 4) is 5.88 Å². The maximum absolute atomic E-state index is 13.6. The Morgan fingerprint density at radius 1 is 1.19 bits per heavy atom. The molecule has 13 heteroatoms. The number of anilines is 1. The lowest BCUT2D eigenvalue weighted by Crippen LogP contribution is -2.26. The molecular weight excluding hydrogens is 371 g/mol. The van der Waals surface area contributed by atoms with E-state index in [9.17, 15) is 36.9 Å². The van der Waals surface area contributed by atoms with Crippen LogP contribution in [0.4, 0.5) is 33.3 Å². The van der Waals surface area contributed by atoms with Crippen molar-refractivity contribution in [3.05, 3.63) is 45.4 Å². The predicted molar refractivity (Wildman–Crippen MR) is 75.0 cm³/mol. The van der Waals surface area contributed by atoms with Crippen LogP contribution in [0, 0.1) is 39.2 Å². The third-order valence-corrected chi connectivity index (χ3v) is 3.30. The summed E-state index contributed by atoms with van der Waals surface area (Å²) in [5.41, 5.74) is -2.14. The van der Waals surface area contributed by atoms with Crippen molar-refractivity contribution in [2.75, 3.05) is 12.4 Å². The SMILES string of the molecule is COc1nn(C(C)C(=O)Nc2c(F)c(F)c(F)c(F)c2F)cc1[N+](=O)[O-]. The van der Waals surface area contributed by atoms with Gasteiger partial charge in [0.25, 0.3) is 0 Å². The number of carbonyl (C=O) groups excluding carboxylic acids is 1. The molecule has 0 radical (unpaired) electrons. The molecule has 8 nitrogen and oxygen atoms in total. The molecule has 1 aromatic carbocycles. The predicted octanol–water partition coefficient (Wildman–Crippen LogP) is 2.70. The molecule has 0 saturated carbocycles. The highest BCUT2D eigenvalue weighted by Gasteiger charge is 2.30. The fourth-order valence-corrected chi connectivity index (χ4v) is 1.90. The molecular formula is C13H9F5N4O4. The maximum Gasteiger partial charge on any atom is 0.350 e. The van der Waals surface area contributed by atoms with E-state index in [0.29, 0.717) is 0 Å².